The predicted octanol–water partition coefficient (Wildman–Crippen LogP) is 3.77. The molecule has 0 aliphatic heterocycles. The molecule has 2 aromatic carbocycles. The Balaban J connectivity index is 2.53. The van der Waals surface area contributed by atoms with Crippen LogP contribution in [0.2, 0.25) is 0 Å². The lowest BCUT2D eigenvalue weighted by atomic mass is 10.00. The lowest BCUT2D eigenvalue weighted by Crippen LogP contribution is -2.23. The number of phenolic OH excluding ortho intramolecular Hbond substituents is 1. The summed E-state index contributed by atoms with van der Waals surface area (Å²) in [7, 11) is 2.87. The van der Waals surface area contributed by atoms with Gasteiger partial charge >= 0.3 is 5.97 Å². The maximum atomic E-state index is 12.7. The second-order valence-electron chi connectivity index (χ2n) is 6.81. The number of nitrogens with zero attached hydrogens (tertiary/aromatic N) is 1. The third-order valence-corrected chi connectivity index (χ3v) is 5.10. The summed E-state index contributed by atoms with van der Waals surface area (Å²) in [5, 5.41) is 25.2. The number of carbonyl (C=O) groups is 2. The van der Waals surface area contributed by atoms with Gasteiger partial charge in [-0.25, -0.2) is 0 Å². The van der Waals surface area contributed by atoms with Crippen molar-refractivity contribution in [3.63, 3.8) is 0 Å². The van der Waals surface area contributed by atoms with E-state index < -0.39 is 40.0 Å². The third kappa shape index (κ3) is 6.26. The Morgan fingerprint density at radius 3 is 2.52 bits per heavy atom. The van der Waals surface area contributed by atoms with Crippen molar-refractivity contribution in [2.24, 2.45) is 0 Å². The highest BCUT2D eigenvalue weighted by Gasteiger charge is 2.29. The number of ketones is 1. The number of ether oxygens (including phenoxy) is 3. The molecule has 0 heterocycles. The Morgan fingerprint density at radius 1 is 1.21 bits per heavy atom. The van der Waals surface area contributed by atoms with Crippen LogP contribution in [0.5, 0.6) is 17.2 Å². The number of nitro groups is 1. The SMILES string of the molecule is CCOC(=O)CCc1ccc([N+](=O)[O-])c(NC(C(=O)CCl)c2ccc(OC)cc2OC)c1O. The monoisotopic (exact) mass is 480 g/mol. The number of alkyl halides is 1. The summed E-state index contributed by atoms with van der Waals surface area (Å²) in [5.74, 6) is -1.07. The molecule has 0 saturated heterocycles. The van der Waals surface area contributed by atoms with Gasteiger partial charge in [0, 0.05) is 24.1 Å². The zero-order chi connectivity index (χ0) is 24.5. The molecule has 2 rings (SSSR count). The van der Waals surface area contributed by atoms with E-state index >= 15 is 0 Å². The number of methoxy groups -OCH3 is 2. The molecule has 11 heteroatoms. The number of rotatable bonds is 12. The third-order valence-electron chi connectivity index (χ3n) is 4.83. The molecule has 1 unspecified atom stereocenters. The molecule has 0 bridgehead atoms. The van der Waals surface area contributed by atoms with Crippen molar-refractivity contribution in [2.75, 3.05) is 32.0 Å². The second-order valence-corrected chi connectivity index (χ2v) is 7.08. The number of Topliss-reactive ketones (excluding diaryl/α,β-unsaturated/α-hetero) is 1. The van der Waals surface area contributed by atoms with Crippen LogP contribution in [0, 0.1) is 10.1 Å². The van der Waals surface area contributed by atoms with E-state index in [0.717, 1.165) is 0 Å². The van der Waals surface area contributed by atoms with Crippen LogP contribution in [0.15, 0.2) is 30.3 Å². The molecular formula is C22H25ClN2O8. The molecule has 0 aliphatic rings. The summed E-state index contributed by atoms with van der Waals surface area (Å²) in [6.07, 6.45) is 0.0479. The molecular weight excluding hydrogens is 456 g/mol. The van der Waals surface area contributed by atoms with Gasteiger partial charge in [0.2, 0.25) is 0 Å². The van der Waals surface area contributed by atoms with E-state index in [1.54, 1.807) is 25.1 Å². The van der Waals surface area contributed by atoms with Crippen molar-refractivity contribution in [1.82, 2.24) is 0 Å². The molecule has 2 N–H and O–H groups in total. The topological polar surface area (TPSA) is 137 Å². The van der Waals surface area contributed by atoms with Gasteiger partial charge < -0.3 is 24.6 Å². The largest absolute Gasteiger partial charge is 0.505 e. The summed E-state index contributed by atoms with van der Waals surface area (Å²) < 4.78 is 15.4. The van der Waals surface area contributed by atoms with Gasteiger partial charge in [-0.2, -0.15) is 0 Å². The summed E-state index contributed by atoms with van der Waals surface area (Å²) in [4.78, 5) is 35.3. The van der Waals surface area contributed by atoms with Gasteiger partial charge in [0.25, 0.3) is 5.69 Å². The number of aryl methyl sites for hydroxylation is 1. The first-order valence-corrected chi connectivity index (χ1v) is 10.5. The Bertz CT molecular complexity index is 1030. The Labute approximate surface area is 195 Å². The molecule has 0 spiro atoms. The van der Waals surface area contributed by atoms with Gasteiger partial charge in [-0.1, -0.05) is 0 Å². The van der Waals surface area contributed by atoms with Crippen LogP contribution in [0.25, 0.3) is 0 Å². The smallest absolute Gasteiger partial charge is 0.306 e. The van der Waals surface area contributed by atoms with Crippen molar-refractivity contribution >= 4 is 34.7 Å². The molecule has 0 aliphatic carbocycles. The molecule has 0 aromatic heterocycles. The van der Waals surface area contributed by atoms with Crippen molar-refractivity contribution < 1.29 is 33.8 Å². The Hall–Kier alpha value is -3.53. The van der Waals surface area contributed by atoms with Gasteiger partial charge in [-0.15, -0.1) is 11.6 Å². The number of benzene rings is 2. The highest BCUT2D eigenvalue weighted by atomic mass is 35.5. The lowest BCUT2D eigenvalue weighted by Gasteiger charge is -2.22. The van der Waals surface area contributed by atoms with Crippen LogP contribution in [-0.2, 0) is 20.7 Å². The Morgan fingerprint density at radius 2 is 1.94 bits per heavy atom. The molecule has 1 atom stereocenters. The zero-order valence-electron chi connectivity index (χ0n) is 18.4. The van der Waals surface area contributed by atoms with Crippen LogP contribution >= 0.6 is 11.6 Å². The molecule has 2 aromatic rings. The minimum atomic E-state index is -1.17. The zero-order valence-corrected chi connectivity index (χ0v) is 19.2. The van der Waals surface area contributed by atoms with E-state index in [-0.39, 0.29) is 36.4 Å². The fourth-order valence-electron chi connectivity index (χ4n) is 3.20. The Kier molecular flexibility index (Phi) is 9.29. The van der Waals surface area contributed by atoms with E-state index in [9.17, 15) is 24.8 Å². The number of phenols is 1. The highest BCUT2D eigenvalue weighted by molar-refractivity contribution is 6.28. The summed E-state index contributed by atoms with van der Waals surface area (Å²) >= 11 is 5.80. The number of esters is 1. The number of carbonyl (C=O) groups excluding carboxylic acids is 2. The lowest BCUT2D eigenvalue weighted by molar-refractivity contribution is -0.384. The summed E-state index contributed by atoms with van der Waals surface area (Å²) in [5.41, 5.74) is -0.112. The van der Waals surface area contributed by atoms with Gasteiger partial charge in [-0.3, -0.25) is 19.7 Å². The van der Waals surface area contributed by atoms with Crippen LogP contribution in [0.3, 0.4) is 0 Å². The molecule has 178 valence electrons. The van der Waals surface area contributed by atoms with Gasteiger partial charge in [-0.05, 0) is 37.1 Å². The first-order valence-electron chi connectivity index (χ1n) is 9.99. The van der Waals surface area contributed by atoms with Gasteiger partial charge in [0.1, 0.15) is 23.3 Å². The second kappa shape index (κ2) is 11.9. The van der Waals surface area contributed by atoms with Crippen molar-refractivity contribution in [1.29, 1.82) is 0 Å². The van der Waals surface area contributed by atoms with Crippen LogP contribution in [0.1, 0.15) is 30.5 Å². The average Bonchev–Trinajstić information content (AvgIpc) is 2.81. The van der Waals surface area contributed by atoms with E-state index in [1.807, 2.05) is 0 Å². The van der Waals surface area contributed by atoms with Crippen molar-refractivity contribution in [3.8, 4) is 17.2 Å². The average molecular weight is 481 g/mol. The van der Waals surface area contributed by atoms with Crippen molar-refractivity contribution in [2.45, 2.75) is 25.8 Å². The first kappa shape index (κ1) is 25.7. The molecule has 0 amide bonds. The fourth-order valence-corrected chi connectivity index (χ4v) is 3.35. The van der Waals surface area contributed by atoms with Gasteiger partial charge in [0.05, 0.1) is 31.6 Å². The van der Waals surface area contributed by atoms with E-state index in [1.165, 1.54) is 26.4 Å². The summed E-state index contributed by atoms with van der Waals surface area (Å²) in [6.45, 7) is 1.88. The van der Waals surface area contributed by atoms with E-state index in [2.05, 4.69) is 5.32 Å². The number of hydrogen-bond donors (Lipinski definition) is 2. The van der Waals surface area contributed by atoms with Crippen LogP contribution in [-0.4, -0.2) is 48.5 Å². The number of nitro benzene ring substituents is 1. The predicted molar refractivity (Wildman–Crippen MR) is 121 cm³/mol. The maximum Gasteiger partial charge on any atom is 0.306 e. The maximum absolute atomic E-state index is 12.7. The van der Waals surface area contributed by atoms with Crippen LogP contribution in [0.4, 0.5) is 11.4 Å². The molecule has 0 fully saturated rings. The normalized spacial score (nSPS) is 11.4. The molecule has 10 nitrogen and oxygen atoms in total. The molecule has 33 heavy (non-hydrogen) atoms. The van der Waals surface area contributed by atoms with E-state index in [0.29, 0.717) is 11.3 Å². The number of nitrogens with one attached hydrogen (secondary N) is 1. The fraction of sp³-hybridized carbons (Fsp3) is 0.364. The van der Waals surface area contributed by atoms with Crippen LogP contribution < -0.4 is 14.8 Å². The summed E-state index contributed by atoms with van der Waals surface area (Å²) in [6, 6.07) is 6.08. The quantitative estimate of drug-likeness (QED) is 0.153. The number of anilines is 1. The number of halogens is 1. The van der Waals surface area contributed by atoms with E-state index in [4.69, 9.17) is 25.8 Å². The molecule has 0 saturated carbocycles. The minimum Gasteiger partial charge on any atom is -0.505 e. The molecule has 0 radical (unpaired) electrons. The standard InChI is InChI=1S/C22H25ClN2O8/c1-4-33-19(27)10-6-13-5-9-16(25(29)30)21(22(13)28)24-20(17(26)12-23)15-8-7-14(31-2)11-18(15)32-3/h5,7-9,11,20,24,28H,4,6,10,12H2,1-3H3. The van der Waals surface area contributed by atoms with Crippen molar-refractivity contribution in [3.05, 3.63) is 51.6 Å². The minimum absolute atomic E-state index is 0.0327. The first-order chi connectivity index (χ1) is 15.8. The van der Waals surface area contributed by atoms with Gasteiger partial charge in [0.15, 0.2) is 11.5 Å². The number of hydrogen-bond acceptors (Lipinski definition) is 9. The highest BCUT2D eigenvalue weighted by Crippen LogP contribution is 2.41. The number of aromatic hydroxyl groups is 1.